The summed E-state index contributed by atoms with van der Waals surface area (Å²) < 4.78 is 31.6. The molecule has 0 bridgehead atoms. The Morgan fingerprint density at radius 1 is 1.32 bits per heavy atom. The van der Waals surface area contributed by atoms with Crippen molar-refractivity contribution in [3.8, 4) is 5.88 Å². The third-order valence-corrected chi connectivity index (χ3v) is 7.35. The van der Waals surface area contributed by atoms with Crippen LogP contribution in [0.4, 0.5) is 0 Å². The largest absolute Gasteiger partial charge is 0.404 e. The van der Waals surface area contributed by atoms with Crippen molar-refractivity contribution in [2.45, 2.75) is 50.0 Å². The maximum atomic E-state index is 12.8. The number of rotatable bonds is 7. The van der Waals surface area contributed by atoms with Crippen LogP contribution in [0.5, 0.6) is 5.88 Å². The molecule has 2 aliphatic rings. The average molecular weight is 466 g/mol. The summed E-state index contributed by atoms with van der Waals surface area (Å²) >= 11 is 6.56. The zero-order chi connectivity index (χ0) is 22.6. The van der Waals surface area contributed by atoms with Crippen LogP contribution in [0.25, 0.3) is 0 Å². The first-order chi connectivity index (χ1) is 14.5. The zero-order valence-corrected chi connectivity index (χ0v) is 19.1. The number of amides is 1. The van der Waals surface area contributed by atoms with E-state index in [2.05, 4.69) is 10.4 Å². The topological polar surface area (TPSA) is 107 Å². The van der Waals surface area contributed by atoms with Gasteiger partial charge >= 0.3 is 5.97 Å². The number of nitrogens with one attached hydrogen (secondary N) is 1. The Bertz CT molecular complexity index is 1180. The lowest BCUT2D eigenvalue weighted by molar-refractivity contribution is -0.126. The lowest BCUT2D eigenvalue weighted by Gasteiger charge is -2.19. The number of carbonyl (C=O) groups excluding carboxylic acids is 2. The van der Waals surface area contributed by atoms with E-state index < -0.39 is 21.2 Å². The Labute approximate surface area is 185 Å². The molecule has 0 radical (unpaired) electrons. The van der Waals surface area contributed by atoms with E-state index in [-0.39, 0.29) is 45.3 Å². The van der Waals surface area contributed by atoms with Crippen LogP contribution in [-0.2, 0) is 28.1 Å². The van der Waals surface area contributed by atoms with Crippen LogP contribution in [-0.4, -0.2) is 42.4 Å². The summed E-state index contributed by atoms with van der Waals surface area (Å²) in [5, 5.41) is 7.13. The number of esters is 1. The van der Waals surface area contributed by atoms with E-state index >= 15 is 0 Å². The summed E-state index contributed by atoms with van der Waals surface area (Å²) in [7, 11) is -1.98. The fourth-order valence-corrected chi connectivity index (χ4v) is 4.95. The first kappa shape index (κ1) is 21.8. The van der Waals surface area contributed by atoms with Gasteiger partial charge in [0.05, 0.1) is 26.6 Å². The molecule has 0 unspecified atom stereocenters. The third-order valence-electron chi connectivity index (χ3n) is 5.74. The molecule has 1 amide bonds. The molecule has 2 aliphatic carbocycles. The van der Waals surface area contributed by atoms with Crippen molar-refractivity contribution in [2.24, 2.45) is 12.5 Å². The highest BCUT2D eigenvalue weighted by molar-refractivity contribution is 7.90. The van der Waals surface area contributed by atoms with Crippen LogP contribution >= 0.6 is 11.6 Å². The first-order valence-corrected chi connectivity index (χ1v) is 12.3. The molecule has 1 aromatic carbocycles. The third kappa shape index (κ3) is 4.48. The first-order valence-electron chi connectivity index (χ1n) is 10.1. The summed E-state index contributed by atoms with van der Waals surface area (Å²) in [6.45, 7) is 1.77. The van der Waals surface area contributed by atoms with Crippen molar-refractivity contribution < 1.29 is 22.7 Å². The van der Waals surface area contributed by atoms with Gasteiger partial charge in [0.25, 0.3) is 0 Å². The van der Waals surface area contributed by atoms with Gasteiger partial charge in [-0.2, -0.15) is 5.10 Å². The molecular weight excluding hydrogens is 442 g/mol. The maximum absolute atomic E-state index is 12.8. The predicted molar refractivity (Wildman–Crippen MR) is 114 cm³/mol. The van der Waals surface area contributed by atoms with E-state index in [1.807, 2.05) is 0 Å². The van der Waals surface area contributed by atoms with Crippen molar-refractivity contribution >= 4 is 33.3 Å². The predicted octanol–water partition coefficient (Wildman–Crippen LogP) is 2.61. The molecule has 1 N–H and O–H groups in total. The molecule has 8 nitrogen and oxygen atoms in total. The molecule has 10 heteroatoms. The summed E-state index contributed by atoms with van der Waals surface area (Å²) in [5.74, 6) is -0.555. The second kappa shape index (κ2) is 7.63. The number of aromatic nitrogens is 2. The number of sulfone groups is 1. The van der Waals surface area contributed by atoms with Crippen LogP contribution in [0.3, 0.4) is 0 Å². The molecule has 0 spiro atoms. The molecule has 2 saturated carbocycles. The quantitative estimate of drug-likeness (QED) is 0.630. The van der Waals surface area contributed by atoms with Gasteiger partial charge in [-0.1, -0.05) is 11.6 Å². The number of halogens is 1. The SMILES string of the molecule is Cc1cc(OC(=O)c2ccc(S(C)(=O)=O)c(CC3(C(=O)NC4CC4)CC3)c2Cl)n(C)n1. The normalized spacial score (nSPS) is 17.3. The minimum Gasteiger partial charge on any atom is -0.404 e. The van der Waals surface area contributed by atoms with Gasteiger partial charge in [-0.3, -0.25) is 4.79 Å². The molecule has 0 saturated heterocycles. The summed E-state index contributed by atoms with van der Waals surface area (Å²) in [4.78, 5) is 25.6. The van der Waals surface area contributed by atoms with Crippen molar-refractivity contribution in [3.05, 3.63) is 40.0 Å². The number of aryl methyl sites for hydroxylation is 2. The second-order valence-electron chi connectivity index (χ2n) is 8.52. The number of ether oxygens (including phenoxy) is 1. The Kier molecular flexibility index (Phi) is 5.37. The molecule has 2 aromatic rings. The molecule has 2 fully saturated rings. The summed E-state index contributed by atoms with van der Waals surface area (Å²) in [5.41, 5.74) is 0.319. The van der Waals surface area contributed by atoms with Crippen molar-refractivity contribution in [2.75, 3.05) is 6.26 Å². The average Bonchev–Trinajstić information content (AvgIpc) is 3.58. The highest BCUT2D eigenvalue weighted by Gasteiger charge is 2.51. The lowest BCUT2D eigenvalue weighted by Crippen LogP contribution is -2.35. The minimum absolute atomic E-state index is 0.00249. The zero-order valence-electron chi connectivity index (χ0n) is 17.6. The number of benzene rings is 1. The Balaban J connectivity index is 1.68. The number of hydrogen-bond donors (Lipinski definition) is 1. The van der Waals surface area contributed by atoms with Crippen LogP contribution in [0.15, 0.2) is 23.1 Å². The van der Waals surface area contributed by atoms with Gasteiger partial charge in [-0.15, -0.1) is 0 Å². The molecule has 166 valence electrons. The minimum atomic E-state index is -3.62. The standard InChI is InChI=1S/C21H24ClN3O5S/c1-12-10-17(25(2)24-12)30-19(26)14-6-7-16(31(3,28)29)15(18(14)22)11-21(8-9-21)20(27)23-13-4-5-13/h6-7,10,13H,4-5,8-9,11H2,1-3H3,(H,23,27). The molecule has 4 rings (SSSR count). The Hall–Kier alpha value is -2.39. The highest BCUT2D eigenvalue weighted by atomic mass is 35.5. The van der Waals surface area contributed by atoms with Gasteiger partial charge in [0.15, 0.2) is 9.84 Å². The van der Waals surface area contributed by atoms with E-state index in [1.165, 1.54) is 16.8 Å². The van der Waals surface area contributed by atoms with Crippen molar-refractivity contribution in [1.29, 1.82) is 0 Å². The fourth-order valence-electron chi connectivity index (χ4n) is 3.65. The van der Waals surface area contributed by atoms with Crippen molar-refractivity contribution in [3.63, 3.8) is 0 Å². The second-order valence-corrected chi connectivity index (χ2v) is 10.9. The molecule has 31 heavy (non-hydrogen) atoms. The van der Waals surface area contributed by atoms with Gasteiger partial charge in [0, 0.05) is 25.4 Å². The lowest BCUT2D eigenvalue weighted by atomic mass is 9.94. The van der Waals surface area contributed by atoms with E-state index in [0.29, 0.717) is 18.5 Å². The van der Waals surface area contributed by atoms with Gasteiger partial charge in [0.2, 0.25) is 11.8 Å². The van der Waals surface area contributed by atoms with Gasteiger partial charge in [-0.05, 0) is 56.7 Å². The summed E-state index contributed by atoms with van der Waals surface area (Å²) in [6, 6.07) is 4.52. The Morgan fingerprint density at radius 2 is 2.00 bits per heavy atom. The fraction of sp³-hybridized carbons (Fsp3) is 0.476. The van der Waals surface area contributed by atoms with Gasteiger partial charge < -0.3 is 10.1 Å². The molecule has 0 atom stereocenters. The maximum Gasteiger partial charge on any atom is 0.346 e. The van der Waals surface area contributed by atoms with E-state index in [9.17, 15) is 18.0 Å². The molecule has 1 aromatic heterocycles. The molecule has 0 aliphatic heterocycles. The van der Waals surface area contributed by atoms with E-state index in [0.717, 1.165) is 19.1 Å². The molecular formula is C21H24ClN3O5S. The Morgan fingerprint density at radius 3 is 2.52 bits per heavy atom. The summed E-state index contributed by atoms with van der Waals surface area (Å²) in [6.07, 6.45) is 4.46. The van der Waals surface area contributed by atoms with Gasteiger partial charge in [0.1, 0.15) is 0 Å². The van der Waals surface area contributed by atoms with Crippen LogP contribution < -0.4 is 10.1 Å². The van der Waals surface area contributed by atoms with E-state index in [4.69, 9.17) is 16.3 Å². The molecule has 1 heterocycles. The van der Waals surface area contributed by atoms with Crippen LogP contribution in [0, 0.1) is 12.3 Å². The van der Waals surface area contributed by atoms with Crippen molar-refractivity contribution in [1.82, 2.24) is 15.1 Å². The smallest absolute Gasteiger partial charge is 0.346 e. The number of carbonyl (C=O) groups is 2. The monoisotopic (exact) mass is 465 g/mol. The van der Waals surface area contributed by atoms with Crippen LogP contribution in [0.2, 0.25) is 5.02 Å². The van der Waals surface area contributed by atoms with Gasteiger partial charge in [-0.25, -0.2) is 17.9 Å². The number of hydrogen-bond acceptors (Lipinski definition) is 6. The van der Waals surface area contributed by atoms with Crippen LogP contribution in [0.1, 0.15) is 47.3 Å². The highest BCUT2D eigenvalue weighted by Crippen LogP contribution is 2.51. The number of nitrogens with zero attached hydrogens (tertiary/aromatic N) is 2. The van der Waals surface area contributed by atoms with E-state index in [1.54, 1.807) is 20.0 Å².